The number of unbranched alkanes of at least 4 members (excludes halogenated alkanes) is 7. The lowest BCUT2D eigenvalue weighted by Crippen LogP contribution is -2.28. The third kappa shape index (κ3) is 8.12. The summed E-state index contributed by atoms with van der Waals surface area (Å²) in [5, 5.41) is 13.8. The Hall–Kier alpha value is -1.36. The second-order valence-electron chi connectivity index (χ2n) is 9.58. The topological polar surface area (TPSA) is 66.4 Å². The summed E-state index contributed by atoms with van der Waals surface area (Å²) in [6.07, 6.45) is 12.3. The van der Waals surface area contributed by atoms with Crippen LogP contribution in [0.1, 0.15) is 106 Å². The van der Waals surface area contributed by atoms with Crippen molar-refractivity contribution in [3.63, 3.8) is 0 Å². The third-order valence-corrected chi connectivity index (χ3v) is 7.28. The molecule has 1 aliphatic rings. The normalized spacial score (nSPS) is 16.4. The van der Waals surface area contributed by atoms with Crippen molar-refractivity contribution < 1.29 is 14.7 Å². The minimum Gasteiger partial charge on any atom is -0.481 e. The summed E-state index contributed by atoms with van der Waals surface area (Å²) in [6.45, 7) is 7.72. The van der Waals surface area contributed by atoms with Crippen LogP contribution in [0.15, 0.2) is 5.38 Å². The molecule has 0 fully saturated rings. The highest BCUT2D eigenvalue weighted by atomic mass is 32.1. The number of carboxylic acid groups (broad SMARTS) is 1. The Morgan fingerprint density at radius 2 is 1.69 bits per heavy atom. The Morgan fingerprint density at radius 1 is 1.07 bits per heavy atom. The van der Waals surface area contributed by atoms with Gasteiger partial charge in [0, 0.05) is 23.2 Å². The van der Waals surface area contributed by atoms with Crippen LogP contribution in [-0.2, 0) is 17.6 Å². The molecule has 1 atom stereocenters. The molecule has 0 radical (unpaired) electrons. The van der Waals surface area contributed by atoms with Gasteiger partial charge in [-0.3, -0.25) is 9.59 Å². The van der Waals surface area contributed by atoms with Crippen molar-refractivity contribution in [2.75, 3.05) is 6.54 Å². The van der Waals surface area contributed by atoms with Crippen molar-refractivity contribution in [1.82, 2.24) is 5.32 Å². The van der Waals surface area contributed by atoms with Crippen LogP contribution in [0.4, 0.5) is 0 Å². The van der Waals surface area contributed by atoms with Crippen molar-refractivity contribution >= 4 is 23.2 Å². The molecule has 0 saturated heterocycles. The predicted octanol–water partition coefficient (Wildman–Crippen LogP) is 6.22. The van der Waals surface area contributed by atoms with E-state index in [9.17, 15) is 9.59 Å². The van der Waals surface area contributed by atoms with Crippen LogP contribution in [0, 0.1) is 11.3 Å². The van der Waals surface area contributed by atoms with Gasteiger partial charge in [0.1, 0.15) is 0 Å². The molecular weight excluding hydrogens is 382 g/mol. The van der Waals surface area contributed by atoms with E-state index in [0.29, 0.717) is 17.8 Å². The van der Waals surface area contributed by atoms with Gasteiger partial charge in [0.05, 0.1) is 5.56 Å². The first kappa shape index (κ1) is 23.9. The van der Waals surface area contributed by atoms with Crippen LogP contribution in [0.3, 0.4) is 0 Å². The number of aliphatic carboxylic acids is 1. The van der Waals surface area contributed by atoms with Gasteiger partial charge in [-0.05, 0) is 49.0 Å². The smallest absolute Gasteiger partial charge is 0.303 e. The Kier molecular flexibility index (Phi) is 9.67. The predicted molar refractivity (Wildman–Crippen MR) is 121 cm³/mol. The van der Waals surface area contributed by atoms with Crippen LogP contribution >= 0.6 is 11.3 Å². The van der Waals surface area contributed by atoms with Crippen LogP contribution in [0.2, 0.25) is 0 Å². The maximum Gasteiger partial charge on any atom is 0.303 e. The van der Waals surface area contributed by atoms with Crippen molar-refractivity contribution in [3.05, 3.63) is 21.4 Å². The lowest BCUT2D eigenvalue weighted by Gasteiger charge is -2.34. The fourth-order valence-electron chi connectivity index (χ4n) is 4.20. The summed E-state index contributed by atoms with van der Waals surface area (Å²) < 4.78 is 0. The Morgan fingerprint density at radius 3 is 2.31 bits per heavy atom. The molecule has 1 aromatic rings. The SMILES string of the molecule is CC(C)(C)C1CCc2c(C(=O)NCCCCCCCCCCC(=O)O)csc2C1. The lowest BCUT2D eigenvalue weighted by molar-refractivity contribution is -0.137. The number of carbonyl (C=O) groups is 2. The molecule has 0 spiro atoms. The van der Waals surface area contributed by atoms with Gasteiger partial charge < -0.3 is 10.4 Å². The highest BCUT2D eigenvalue weighted by molar-refractivity contribution is 7.10. The van der Waals surface area contributed by atoms with Gasteiger partial charge in [0.15, 0.2) is 0 Å². The number of thiophene rings is 1. The molecule has 0 aromatic carbocycles. The zero-order chi connectivity index (χ0) is 21.3. The molecule has 1 aromatic heterocycles. The number of carboxylic acids is 1. The molecule has 4 nitrogen and oxygen atoms in total. The lowest BCUT2D eigenvalue weighted by atomic mass is 9.72. The van der Waals surface area contributed by atoms with E-state index in [1.807, 2.05) is 0 Å². The van der Waals surface area contributed by atoms with E-state index in [2.05, 4.69) is 31.5 Å². The molecule has 5 heteroatoms. The number of nitrogens with one attached hydrogen (secondary N) is 1. The van der Waals surface area contributed by atoms with Crippen molar-refractivity contribution in [1.29, 1.82) is 0 Å². The van der Waals surface area contributed by atoms with Crippen LogP contribution in [-0.4, -0.2) is 23.5 Å². The van der Waals surface area contributed by atoms with Crippen LogP contribution in [0.25, 0.3) is 0 Å². The van der Waals surface area contributed by atoms with Gasteiger partial charge in [-0.1, -0.05) is 59.3 Å². The van der Waals surface area contributed by atoms with Gasteiger partial charge in [0.25, 0.3) is 5.91 Å². The molecule has 2 rings (SSSR count). The largest absolute Gasteiger partial charge is 0.481 e. The van der Waals surface area contributed by atoms with Crippen molar-refractivity contribution in [2.24, 2.45) is 11.3 Å². The molecule has 0 bridgehead atoms. The van der Waals surface area contributed by atoms with E-state index in [1.54, 1.807) is 11.3 Å². The van der Waals surface area contributed by atoms with Crippen LogP contribution in [0.5, 0.6) is 0 Å². The molecular formula is C24H39NO3S. The van der Waals surface area contributed by atoms with Gasteiger partial charge in [-0.25, -0.2) is 0 Å². The number of hydrogen-bond donors (Lipinski definition) is 2. The fourth-order valence-corrected chi connectivity index (χ4v) is 5.36. The fraction of sp³-hybridized carbons (Fsp3) is 0.750. The number of hydrogen-bond acceptors (Lipinski definition) is 3. The zero-order valence-electron chi connectivity index (χ0n) is 18.5. The van der Waals surface area contributed by atoms with Gasteiger partial charge in [-0.15, -0.1) is 11.3 Å². The minimum absolute atomic E-state index is 0.107. The summed E-state index contributed by atoms with van der Waals surface area (Å²) >= 11 is 1.77. The Labute approximate surface area is 180 Å². The molecule has 1 aliphatic carbocycles. The number of amides is 1. The summed E-state index contributed by atoms with van der Waals surface area (Å²) in [4.78, 5) is 24.5. The molecule has 0 aliphatic heterocycles. The summed E-state index contributed by atoms with van der Waals surface area (Å²) in [7, 11) is 0. The van der Waals surface area contributed by atoms with Crippen molar-refractivity contribution in [3.8, 4) is 0 Å². The average Bonchev–Trinajstić information content (AvgIpc) is 3.08. The molecule has 2 N–H and O–H groups in total. The quantitative estimate of drug-likeness (QED) is 0.393. The maximum atomic E-state index is 12.6. The number of rotatable bonds is 12. The monoisotopic (exact) mass is 421 g/mol. The van der Waals surface area contributed by atoms with E-state index in [-0.39, 0.29) is 5.91 Å². The van der Waals surface area contributed by atoms with Crippen LogP contribution < -0.4 is 5.32 Å². The summed E-state index contributed by atoms with van der Waals surface area (Å²) in [5.74, 6) is 0.126. The first-order valence-corrected chi connectivity index (χ1v) is 12.3. The molecule has 164 valence electrons. The third-order valence-electron chi connectivity index (χ3n) is 6.23. The van der Waals surface area contributed by atoms with Gasteiger partial charge in [-0.2, -0.15) is 0 Å². The summed E-state index contributed by atoms with van der Waals surface area (Å²) in [6, 6.07) is 0. The second kappa shape index (κ2) is 11.7. The van der Waals surface area contributed by atoms with E-state index in [1.165, 1.54) is 36.1 Å². The average molecular weight is 422 g/mol. The Bertz CT molecular complexity index is 660. The highest BCUT2D eigenvalue weighted by Gasteiger charge is 2.31. The Balaban J connectivity index is 1.58. The van der Waals surface area contributed by atoms with E-state index < -0.39 is 5.97 Å². The van der Waals surface area contributed by atoms with E-state index in [0.717, 1.165) is 57.1 Å². The second-order valence-corrected chi connectivity index (χ2v) is 10.5. The first-order chi connectivity index (χ1) is 13.8. The highest BCUT2D eigenvalue weighted by Crippen LogP contribution is 2.40. The maximum absolute atomic E-state index is 12.6. The van der Waals surface area contributed by atoms with Gasteiger partial charge >= 0.3 is 5.97 Å². The number of fused-ring (bicyclic) bond motifs is 1. The van der Waals surface area contributed by atoms with E-state index in [4.69, 9.17) is 5.11 Å². The van der Waals surface area contributed by atoms with Gasteiger partial charge in [0.2, 0.25) is 0 Å². The minimum atomic E-state index is -0.691. The van der Waals surface area contributed by atoms with Crippen molar-refractivity contribution in [2.45, 2.75) is 97.8 Å². The van der Waals surface area contributed by atoms with E-state index >= 15 is 0 Å². The molecule has 29 heavy (non-hydrogen) atoms. The molecule has 0 saturated carbocycles. The molecule has 1 amide bonds. The summed E-state index contributed by atoms with van der Waals surface area (Å²) in [5.41, 5.74) is 2.55. The number of carbonyl (C=O) groups excluding carboxylic acids is 1. The standard InChI is InChI=1S/C24H39NO3S/c1-24(2,3)18-13-14-19-20(17-29-21(19)16-18)23(28)25-15-11-9-7-5-4-6-8-10-12-22(26)27/h17-18H,4-16H2,1-3H3,(H,25,28)(H,26,27). The first-order valence-electron chi connectivity index (χ1n) is 11.4. The molecule has 1 unspecified atom stereocenters. The molecule has 1 heterocycles. The zero-order valence-corrected chi connectivity index (χ0v) is 19.3.